The molecule has 1 N–H and O–H groups in total. The van der Waals surface area contributed by atoms with Gasteiger partial charge in [0.05, 0.1) is 24.0 Å². The molecule has 1 fully saturated rings. The van der Waals surface area contributed by atoms with Gasteiger partial charge in [-0.2, -0.15) is 13.2 Å². The van der Waals surface area contributed by atoms with E-state index in [0.29, 0.717) is 22.3 Å². The van der Waals surface area contributed by atoms with Gasteiger partial charge in [0.2, 0.25) is 5.88 Å². The number of alkyl halides is 5. The normalized spacial score (nSPS) is 16.5. The standard InChI is InChI=1S/C25H20F2N4O2.C2HF3O2/c26-25(27)11-14-31(16-22(25)33-23-10-9-17-5-1-4-8-20(17)30-23)24(32)19-7-3-2-6-18(19)21-15-28-12-13-29-21;3-2(4,5)1(6)7/h1-10,12-13,15,22H,11,14,16H2;(H,6,7). The van der Waals surface area contributed by atoms with Gasteiger partial charge in [-0.3, -0.25) is 14.8 Å². The molecule has 3 heterocycles. The van der Waals surface area contributed by atoms with Crippen LogP contribution in [0.5, 0.6) is 5.88 Å². The zero-order valence-corrected chi connectivity index (χ0v) is 20.6. The van der Waals surface area contributed by atoms with Crippen molar-refractivity contribution in [3.05, 3.63) is 84.8 Å². The van der Waals surface area contributed by atoms with E-state index in [1.54, 1.807) is 61.1 Å². The number of aromatic nitrogens is 3. The predicted molar refractivity (Wildman–Crippen MR) is 133 cm³/mol. The van der Waals surface area contributed by atoms with E-state index in [9.17, 15) is 26.7 Å². The lowest BCUT2D eigenvalue weighted by molar-refractivity contribution is -0.192. The number of carbonyl (C=O) groups is 2. The first kappa shape index (κ1) is 28.3. The average molecular weight is 560 g/mol. The molecule has 0 saturated carbocycles. The summed E-state index contributed by atoms with van der Waals surface area (Å²) in [7, 11) is 0. The zero-order valence-electron chi connectivity index (χ0n) is 20.6. The van der Waals surface area contributed by atoms with Gasteiger partial charge in [-0.25, -0.2) is 18.6 Å². The maximum Gasteiger partial charge on any atom is 0.490 e. The van der Waals surface area contributed by atoms with Crippen LogP contribution < -0.4 is 4.74 Å². The van der Waals surface area contributed by atoms with Gasteiger partial charge in [0.15, 0.2) is 6.10 Å². The smallest absolute Gasteiger partial charge is 0.475 e. The van der Waals surface area contributed by atoms with Crippen LogP contribution in [0.4, 0.5) is 22.0 Å². The van der Waals surface area contributed by atoms with Gasteiger partial charge in [0, 0.05) is 47.9 Å². The van der Waals surface area contributed by atoms with Crippen molar-refractivity contribution in [2.45, 2.75) is 24.6 Å². The summed E-state index contributed by atoms with van der Waals surface area (Å²) >= 11 is 0. The van der Waals surface area contributed by atoms with Crippen LogP contribution in [0.25, 0.3) is 22.2 Å². The minimum Gasteiger partial charge on any atom is -0.475 e. The third kappa shape index (κ3) is 6.65. The second-order valence-corrected chi connectivity index (χ2v) is 8.65. The molecule has 4 aromatic rings. The molecule has 1 unspecified atom stereocenters. The van der Waals surface area contributed by atoms with Crippen molar-refractivity contribution < 1.29 is 41.4 Å². The number of para-hydroxylation sites is 1. The van der Waals surface area contributed by atoms with Gasteiger partial charge in [-0.15, -0.1) is 0 Å². The second-order valence-electron chi connectivity index (χ2n) is 8.65. The molecule has 8 nitrogen and oxygen atoms in total. The molecular weight excluding hydrogens is 539 g/mol. The number of ether oxygens (including phenoxy) is 1. The van der Waals surface area contributed by atoms with Gasteiger partial charge >= 0.3 is 12.1 Å². The summed E-state index contributed by atoms with van der Waals surface area (Å²) in [6.07, 6.45) is -2.44. The number of hydrogen-bond acceptors (Lipinski definition) is 6. The summed E-state index contributed by atoms with van der Waals surface area (Å²) in [5.41, 5.74) is 2.17. The number of likely N-dealkylation sites (tertiary alicyclic amines) is 1. The second kappa shape index (κ2) is 11.6. The van der Waals surface area contributed by atoms with Crippen LogP contribution in [-0.4, -0.2) is 68.1 Å². The highest BCUT2D eigenvalue weighted by Crippen LogP contribution is 2.33. The zero-order chi connectivity index (χ0) is 28.9. The largest absolute Gasteiger partial charge is 0.490 e. The Balaban J connectivity index is 0.000000470. The maximum absolute atomic E-state index is 14.7. The third-order valence-electron chi connectivity index (χ3n) is 5.93. The molecule has 1 atom stereocenters. The summed E-state index contributed by atoms with van der Waals surface area (Å²) in [5.74, 6) is -6.10. The third-order valence-corrected chi connectivity index (χ3v) is 5.93. The molecule has 5 rings (SSSR count). The van der Waals surface area contributed by atoms with Crippen LogP contribution in [0.3, 0.4) is 0 Å². The molecule has 1 saturated heterocycles. The van der Waals surface area contributed by atoms with Crippen molar-refractivity contribution in [3.63, 3.8) is 0 Å². The Morgan fingerprint density at radius 2 is 1.70 bits per heavy atom. The SMILES string of the molecule is O=C(O)C(F)(F)F.O=C(c1ccccc1-c1cnccn1)N1CCC(F)(F)C(Oc2ccc3ccccc3n2)C1. The van der Waals surface area contributed by atoms with Crippen LogP contribution in [0.15, 0.2) is 79.3 Å². The molecule has 2 aromatic carbocycles. The van der Waals surface area contributed by atoms with Gasteiger partial charge in [-0.05, 0) is 18.2 Å². The van der Waals surface area contributed by atoms with Crippen molar-refractivity contribution in [2.24, 2.45) is 0 Å². The Kier molecular flexibility index (Phi) is 8.21. The minimum atomic E-state index is -5.08. The predicted octanol–water partition coefficient (Wildman–Crippen LogP) is 5.25. The molecule has 0 aliphatic carbocycles. The highest BCUT2D eigenvalue weighted by molar-refractivity contribution is 6.00. The number of halogens is 5. The quantitative estimate of drug-likeness (QED) is 0.340. The molecule has 208 valence electrons. The highest BCUT2D eigenvalue weighted by Gasteiger charge is 2.47. The summed E-state index contributed by atoms with van der Waals surface area (Å²) in [5, 5.41) is 8.01. The van der Waals surface area contributed by atoms with Gasteiger partial charge in [0.1, 0.15) is 0 Å². The molecule has 40 heavy (non-hydrogen) atoms. The Morgan fingerprint density at radius 3 is 2.40 bits per heavy atom. The molecule has 0 bridgehead atoms. The summed E-state index contributed by atoms with van der Waals surface area (Å²) in [4.78, 5) is 36.3. The number of carbonyl (C=O) groups excluding carboxylic acids is 1. The molecule has 1 aliphatic heterocycles. The first-order chi connectivity index (χ1) is 19.0. The summed E-state index contributed by atoms with van der Waals surface area (Å²) in [6, 6.07) is 17.7. The lowest BCUT2D eigenvalue weighted by Gasteiger charge is -2.38. The average Bonchev–Trinajstić information content (AvgIpc) is 2.94. The number of amides is 1. The van der Waals surface area contributed by atoms with Gasteiger partial charge in [0.25, 0.3) is 11.8 Å². The summed E-state index contributed by atoms with van der Waals surface area (Å²) < 4.78 is 66.9. The fourth-order valence-corrected chi connectivity index (χ4v) is 3.94. The molecule has 2 aromatic heterocycles. The van der Waals surface area contributed by atoms with Crippen LogP contribution in [0.1, 0.15) is 16.8 Å². The number of rotatable bonds is 4. The Bertz CT molecular complexity index is 1500. The van der Waals surface area contributed by atoms with Gasteiger partial charge in [-0.1, -0.05) is 36.4 Å². The van der Waals surface area contributed by atoms with E-state index < -0.39 is 30.6 Å². The molecule has 1 aliphatic rings. The van der Waals surface area contributed by atoms with E-state index in [2.05, 4.69) is 15.0 Å². The first-order valence-corrected chi connectivity index (χ1v) is 11.8. The highest BCUT2D eigenvalue weighted by atomic mass is 19.4. The van der Waals surface area contributed by atoms with Crippen molar-refractivity contribution in [3.8, 4) is 17.1 Å². The monoisotopic (exact) mass is 560 g/mol. The fourth-order valence-electron chi connectivity index (χ4n) is 3.94. The van der Waals surface area contributed by atoms with Crippen LogP contribution in [0, 0.1) is 0 Å². The number of aliphatic carboxylic acids is 1. The van der Waals surface area contributed by atoms with Crippen molar-refractivity contribution >= 4 is 22.8 Å². The molecule has 0 spiro atoms. The van der Waals surface area contributed by atoms with E-state index in [-0.39, 0.29) is 24.9 Å². The van der Waals surface area contributed by atoms with E-state index in [1.807, 2.05) is 18.2 Å². The van der Waals surface area contributed by atoms with Crippen LogP contribution in [0.2, 0.25) is 0 Å². The van der Waals surface area contributed by atoms with E-state index in [0.717, 1.165) is 5.39 Å². The minimum absolute atomic E-state index is 0.0777. The number of carboxylic acid groups (broad SMARTS) is 1. The number of carboxylic acids is 1. The number of piperidine rings is 1. The van der Waals surface area contributed by atoms with E-state index in [1.165, 1.54) is 4.90 Å². The Hall–Kier alpha value is -4.68. The van der Waals surface area contributed by atoms with Crippen LogP contribution >= 0.6 is 0 Å². The van der Waals surface area contributed by atoms with E-state index in [4.69, 9.17) is 14.6 Å². The number of pyridine rings is 1. The van der Waals surface area contributed by atoms with Crippen molar-refractivity contribution in [1.82, 2.24) is 19.9 Å². The fraction of sp³-hybridized carbons (Fsp3) is 0.222. The lowest BCUT2D eigenvalue weighted by Crippen LogP contribution is -2.55. The number of nitrogens with zero attached hydrogens (tertiary/aromatic N) is 4. The lowest BCUT2D eigenvalue weighted by atomic mass is 9.99. The van der Waals surface area contributed by atoms with E-state index >= 15 is 0 Å². The van der Waals surface area contributed by atoms with Crippen LogP contribution in [-0.2, 0) is 4.79 Å². The molecular formula is C27H21F5N4O4. The molecule has 0 radical (unpaired) electrons. The number of benzene rings is 2. The van der Waals surface area contributed by atoms with Gasteiger partial charge < -0.3 is 14.7 Å². The van der Waals surface area contributed by atoms with Crippen molar-refractivity contribution in [2.75, 3.05) is 13.1 Å². The Morgan fingerprint density at radius 1 is 1.00 bits per heavy atom. The molecule has 1 amide bonds. The molecule has 13 heteroatoms. The number of fused-ring (bicyclic) bond motifs is 1. The summed E-state index contributed by atoms with van der Waals surface area (Å²) in [6.45, 7) is -0.333. The topological polar surface area (TPSA) is 106 Å². The number of hydrogen-bond donors (Lipinski definition) is 1. The Labute approximate surface area is 224 Å². The maximum atomic E-state index is 14.7. The van der Waals surface area contributed by atoms with Crippen molar-refractivity contribution in [1.29, 1.82) is 0 Å². The first-order valence-electron chi connectivity index (χ1n) is 11.8.